The molecule has 7 nitrogen and oxygen atoms in total. The summed E-state index contributed by atoms with van der Waals surface area (Å²) in [6.45, 7) is 6.96. The zero-order chi connectivity index (χ0) is 17.2. The van der Waals surface area contributed by atoms with Gasteiger partial charge in [0.25, 0.3) is 0 Å². The number of carbonyl (C=O) groups excluding carboxylic acids is 3. The molecule has 130 valence electrons. The van der Waals surface area contributed by atoms with Crippen LogP contribution in [0.2, 0.25) is 0 Å². The van der Waals surface area contributed by atoms with Crippen LogP contribution in [-0.2, 0) is 19.1 Å². The van der Waals surface area contributed by atoms with Crippen LogP contribution in [0, 0.1) is 5.92 Å². The van der Waals surface area contributed by atoms with Gasteiger partial charge in [-0.1, -0.05) is 0 Å². The highest BCUT2D eigenvalue weighted by Crippen LogP contribution is 2.25. The predicted octanol–water partition coefficient (Wildman–Crippen LogP) is 1.41. The van der Waals surface area contributed by atoms with Gasteiger partial charge in [0.05, 0.1) is 19.1 Å². The molecule has 2 rings (SSSR count). The number of likely N-dealkylation sites (tertiary alicyclic amines) is 2. The Morgan fingerprint density at radius 3 is 2.61 bits per heavy atom. The molecule has 0 radical (unpaired) electrons. The smallest absolute Gasteiger partial charge is 0.410 e. The summed E-state index contributed by atoms with van der Waals surface area (Å²) in [4.78, 5) is 39.3. The van der Waals surface area contributed by atoms with Crippen LogP contribution in [0.5, 0.6) is 0 Å². The van der Waals surface area contributed by atoms with Crippen LogP contribution in [0.25, 0.3) is 0 Å². The Labute approximate surface area is 136 Å². The van der Waals surface area contributed by atoms with E-state index < -0.39 is 11.5 Å². The van der Waals surface area contributed by atoms with Gasteiger partial charge in [-0.2, -0.15) is 0 Å². The maximum absolute atomic E-state index is 12.3. The Hall–Kier alpha value is -1.79. The maximum Gasteiger partial charge on any atom is 0.410 e. The summed E-state index contributed by atoms with van der Waals surface area (Å²) < 4.78 is 10.1. The Bertz CT molecular complexity index is 485. The Kier molecular flexibility index (Phi) is 5.16. The van der Waals surface area contributed by atoms with E-state index in [0.717, 1.165) is 12.8 Å². The zero-order valence-electron chi connectivity index (χ0n) is 14.3. The van der Waals surface area contributed by atoms with Gasteiger partial charge >= 0.3 is 12.1 Å². The average molecular weight is 326 g/mol. The second kappa shape index (κ2) is 6.76. The van der Waals surface area contributed by atoms with Crippen molar-refractivity contribution in [2.24, 2.45) is 5.92 Å². The molecule has 7 heteroatoms. The molecule has 2 atom stereocenters. The Morgan fingerprint density at radius 1 is 1.30 bits per heavy atom. The molecule has 2 saturated heterocycles. The molecular weight excluding hydrogens is 300 g/mol. The molecule has 0 bridgehead atoms. The van der Waals surface area contributed by atoms with Gasteiger partial charge in [0.2, 0.25) is 5.91 Å². The molecule has 0 aromatic carbocycles. The molecule has 0 aliphatic carbocycles. The first-order valence-corrected chi connectivity index (χ1v) is 8.06. The van der Waals surface area contributed by atoms with Crippen molar-refractivity contribution in [3.8, 4) is 0 Å². The topological polar surface area (TPSA) is 76.2 Å². The molecular formula is C16H26N2O5. The minimum absolute atomic E-state index is 0.0507. The minimum atomic E-state index is -0.538. The van der Waals surface area contributed by atoms with Crippen LogP contribution >= 0.6 is 0 Å². The highest BCUT2D eigenvalue weighted by Gasteiger charge is 2.39. The van der Waals surface area contributed by atoms with E-state index in [9.17, 15) is 14.4 Å². The van der Waals surface area contributed by atoms with Crippen molar-refractivity contribution in [2.45, 2.75) is 51.7 Å². The first-order valence-electron chi connectivity index (χ1n) is 8.06. The second-order valence-corrected chi connectivity index (χ2v) is 7.19. The molecule has 0 saturated carbocycles. The summed E-state index contributed by atoms with van der Waals surface area (Å²) in [5.41, 5.74) is -0.538. The number of esters is 1. The second-order valence-electron chi connectivity index (χ2n) is 7.19. The number of hydrogen-bond donors (Lipinski definition) is 0. The monoisotopic (exact) mass is 326 g/mol. The van der Waals surface area contributed by atoms with Gasteiger partial charge in [-0.25, -0.2) is 4.79 Å². The third-order valence-corrected chi connectivity index (χ3v) is 4.19. The average Bonchev–Trinajstić information content (AvgIpc) is 3.04. The third kappa shape index (κ3) is 4.36. The van der Waals surface area contributed by atoms with E-state index in [2.05, 4.69) is 0 Å². The number of hydrogen-bond acceptors (Lipinski definition) is 5. The van der Waals surface area contributed by atoms with Gasteiger partial charge in [0.15, 0.2) is 0 Å². The quantitative estimate of drug-likeness (QED) is 0.733. The standard InChI is InChI=1S/C16H26N2O5/c1-16(2,3)23-15(21)18-7-5-6-12(18)10-17-9-11(8-13(17)19)14(20)22-4/h11-12H,5-10H2,1-4H3. The van der Waals surface area contributed by atoms with Crippen molar-refractivity contribution in [1.82, 2.24) is 9.80 Å². The normalized spacial score (nSPS) is 25.0. The van der Waals surface area contributed by atoms with Crippen LogP contribution in [0.4, 0.5) is 4.79 Å². The maximum atomic E-state index is 12.3. The summed E-state index contributed by atoms with van der Waals surface area (Å²) in [6.07, 6.45) is 1.58. The van der Waals surface area contributed by atoms with E-state index in [1.807, 2.05) is 20.8 Å². The van der Waals surface area contributed by atoms with Gasteiger partial charge in [0.1, 0.15) is 5.60 Å². The third-order valence-electron chi connectivity index (χ3n) is 4.19. The highest BCUT2D eigenvalue weighted by molar-refractivity contribution is 5.86. The number of nitrogens with zero attached hydrogens (tertiary/aromatic N) is 2. The zero-order valence-corrected chi connectivity index (χ0v) is 14.3. The molecule has 0 aromatic heterocycles. The van der Waals surface area contributed by atoms with E-state index in [0.29, 0.717) is 19.6 Å². The fourth-order valence-corrected chi connectivity index (χ4v) is 3.11. The van der Waals surface area contributed by atoms with Crippen LogP contribution in [0.15, 0.2) is 0 Å². The molecule has 2 fully saturated rings. The van der Waals surface area contributed by atoms with Gasteiger partial charge in [-0.05, 0) is 33.6 Å². The number of rotatable bonds is 3. The first kappa shape index (κ1) is 17.6. The molecule has 2 aliphatic heterocycles. The Balaban J connectivity index is 1.95. The number of ether oxygens (including phenoxy) is 2. The summed E-state index contributed by atoms with van der Waals surface area (Å²) in [7, 11) is 1.33. The fraction of sp³-hybridized carbons (Fsp3) is 0.812. The molecule has 2 aliphatic rings. The summed E-state index contributed by atoms with van der Waals surface area (Å²) >= 11 is 0. The first-order chi connectivity index (χ1) is 10.7. The Morgan fingerprint density at radius 2 is 2.00 bits per heavy atom. The van der Waals surface area contributed by atoms with Crippen LogP contribution < -0.4 is 0 Å². The summed E-state index contributed by atoms with van der Waals surface area (Å²) in [5, 5.41) is 0. The molecule has 0 spiro atoms. The lowest BCUT2D eigenvalue weighted by Crippen LogP contribution is -2.45. The van der Waals surface area contributed by atoms with Crippen molar-refractivity contribution >= 4 is 18.0 Å². The molecule has 2 heterocycles. The van der Waals surface area contributed by atoms with E-state index in [4.69, 9.17) is 9.47 Å². The lowest BCUT2D eigenvalue weighted by molar-refractivity contribution is -0.145. The fourth-order valence-electron chi connectivity index (χ4n) is 3.11. The number of amides is 2. The molecule has 0 N–H and O–H groups in total. The van der Waals surface area contributed by atoms with E-state index in [-0.39, 0.29) is 30.4 Å². The minimum Gasteiger partial charge on any atom is -0.469 e. The lowest BCUT2D eigenvalue weighted by atomic mass is 10.1. The summed E-state index contributed by atoms with van der Waals surface area (Å²) in [5.74, 6) is -0.809. The van der Waals surface area contributed by atoms with Crippen LogP contribution in [0.1, 0.15) is 40.0 Å². The highest BCUT2D eigenvalue weighted by atomic mass is 16.6. The van der Waals surface area contributed by atoms with Crippen molar-refractivity contribution in [3.63, 3.8) is 0 Å². The predicted molar refractivity (Wildman–Crippen MR) is 82.7 cm³/mol. The van der Waals surface area contributed by atoms with Gasteiger partial charge < -0.3 is 19.3 Å². The molecule has 0 aromatic rings. The van der Waals surface area contributed by atoms with E-state index in [1.54, 1.807) is 9.80 Å². The molecule has 2 unspecified atom stereocenters. The van der Waals surface area contributed by atoms with Gasteiger partial charge in [-0.15, -0.1) is 0 Å². The number of methoxy groups -OCH3 is 1. The van der Waals surface area contributed by atoms with Crippen molar-refractivity contribution in [2.75, 3.05) is 26.7 Å². The van der Waals surface area contributed by atoms with Crippen molar-refractivity contribution < 1.29 is 23.9 Å². The molecule has 2 amide bonds. The van der Waals surface area contributed by atoms with E-state index in [1.165, 1.54) is 7.11 Å². The van der Waals surface area contributed by atoms with E-state index >= 15 is 0 Å². The largest absolute Gasteiger partial charge is 0.469 e. The van der Waals surface area contributed by atoms with Crippen LogP contribution in [0.3, 0.4) is 0 Å². The summed E-state index contributed by atoms with van der Waals surface area (Å²) in [6, 6.07) is -0.0507. The van der Waals surface area contributed by atoms with Crippen LogP contribution in [-0.4, -0.2) is 66.2 Å². The van der Waals surface area contributed by atoms with Crippen molar-refractivity contribution in [1.29, 1.82) is 0 Å². The van der Waals surface area contributed by atoms with Gasteiger partial charge in [-0.3, -0.25) is 9.59 Å². The molecule has 23 heavy (non-hydrogen) atoms. The lowest BCUT2D eigenvalue weighted by Gasteiger charge is -2.30. The van der Waals surface area contributed by atoms with Crippen molar-refractivity contribution in [3.05, 3.63) is 0 Å². The SMILES string of the molecule is COC(=O)C1CC(=O)N(CC2CCCN2C(=O)OC(C)(C)C)C1. The van der Waals surface area contributed by atoms with Gasteiger partial charge in [0, 0.05) is 26.1 Å². The number of carbonyl (C=O) groups is 3.